The van der Waals surface area contributed by atoms with E-state index in [1.165, 1.54) is 7.11 Å². The van der Waals surface area contributed by atoms with Crippen LogP contribution in [0.2, 0.25) is 0 Å². The van der Waals surface area contributed by atoms with Gasteiger partial charge in [0.2, 0.25) is 0 Å². The normalized spacial score (nSPS) is 31.5. The van der Waals surface area contributed by atoms with Crippen LogP contribution >= 0.6 is 0 Å². The van der Waals surface area contributed by atoms with E-state index in [4.69, 9.17) is 0 Å². The summed E-state index contributed by atoms with van der Waals surface area (Å²) < 4.78 is 4.50. The molecule has 0 aromatic carbocycles. The van der Waals surface area contributed by atoms with E-state index in [9.17, 15) is 9.90 Å². The van der Waals surface area contributed by atoms with Gasteiger partial charge in [0.15, 0.2) is 0 Å². The number of methoxy groups -OCH3 is 1. The molecule has 0 saturated carbocycles. The summed E-state index contributed by atoms with van der Waals surface area (Å²) in [5.41, 5.74) is 0. The van der Waals surface area contributed by atoms with Crippen LogP contribution in [0.15, 0.2) is 0 Å². The molecule has 0 spiro atoms. The molecular formula is C7H13NO3. The Bertz CT molecular complexity index is 149. The molecule has 0 aliphatic carbocycles. The molecule has 0 aromatic rings. The molecule has 1 aliphatic rings. The first-order chi connectivity index (χ1) is 5.25. The monoisotopic (exact) mass is 159 g/mol. The van der Waals surface area contributed by atoms with Crippen molar-refractivity contribution in [3.8, 4) is 0 Å². The lowest BCUT2D eigenvalue weighted by atomic mass is 10.0. The molecule has 2 atom stereocenters. The topological polar surface area (TPSA) is 58.6 Å². The zero-order valence-corrected chi connectivity index (χ0v) is 6.54. The van der Waals surface area contributed by atoms with Crippen LogP contribution in [-0.4, -0.2) is 36.9 Å². The summed E-state index contributed by atoms with van der Waals surface area (Å²) in [5, 5.41) is 12.2. The standard InChI is InChI=1S/C7H13NO3/c1-11-7(10)6-5(9)3-2-4-8-6/h5-6,8-9H,2-4H2,1H3/t5-,6-/m0/s1. The third kappa shape index (κ3) is 1.91. The first-order valence-electron chi connectivity index (χ1n) is 3.75. The molecule has 1 aliphatic heterocycles. The highest BCUT2D eigenvalue weighted by molar-refractivity contribution is 5.76. The fourth-order valence-electron chi connectivity index (χ4n) is 1.24. The number of aliphatic hydroxyl groups excluding tert-OH is 1. The molecule has 11 heavy (non-hydrogen) atoms. The highest BCUT2D eigenvalue weighted by atomic mass is 16.5. The summed E-state index contributed by atoms with van der Waals surface area (Å²) in [4.78, 5) is 10.9. The number of aliphatic hydroxyl groups is 1. The fourth-order valence-corrected chi connectivity index (χ4v) is 1.24. The highest BCUT2D eigenvalue weighted by Crippen LogP contribution is 2.08. The van der Waals surface area contributed by atoms with Crippen LogP contribution in [0.1, 0.15) is 12.8 Å². The predicted octanol–water partition coefficient (Wildman–Crippen LogP) is -0.728. The molecule has 64 valence electrons. The number of piperidine rings is 1. The number of carbonyl (C=O) groups is 1. The highest BCUT2D eigenvalue weighted by Gasteiger charge is 2.29. The first kappa shape index (κ1) is 8.49. The molecule has 0 radical (unpaired) electrons. The Kier molecular flexibility index (Phi) is 2.84. The molecule has 2 N–H and O–H groups in total. The molecule has 1 heterocycles. The molecule has 0 aromatic heterocycles. The SMILES string of the molecule is COC(=O)[C@H]1NCCC[C@@H]1O. The number of carbonyl (C=O) groups excluding carboxylic acids is 1. The molecule has 1 rings (SSSR count). The number of rotatable bonds is 1. The van der Waals surface area contributed by atoms with Crippen LogP contribution in [0.25, 0.3) is 0 Å². The van der Waals surface area contributed by atoms with Gasteiger partial charge in [0.1, 0.15) is 6.04 Å². The van der Waals surface area contributed by atoms with Crippen molar-refractivity contribution in [3.05, 3.63) is 0 Å². The van der Waals surface area contributed by atoms with Crippen molar-refractivity contribution in [2.24, 2.45) is 0 Å². The van der Waals surface area contributed by atoms with Crippen molar-refractivity contribution in [3.63, 3.8) is 0 Å². The Balaban J connectivity index is 2.47. The largest absolute Gasteiger partial charge is 0.468 e. The van der Waals surface area contributed by atoms with Gasteiger partial charge in [0.25, 0.3) is 0 Å². The van der Waals surface area contributed by atoms with E-state index in [0.29, 0.717) is 6.42 Å². The van der Waals surface area contributed by atoms with Gasteiger partial charge in [-0.1, -0.05) is 0 Å². The van der Waals surface area contributed by atoms with E-state index in [2.05, 4.69) is 10.1 Å². The van der Waals surface area contributed by atoms with Gasteiger partial charge in [-0.15, -0.1) is 0 Å². The average molecular weight is 159 g/mol. The smallest absolute Gasteiger partial charge is 0.325 e. The number of hydrogen-bond donors (Lipinski definition) is 2. The van der Waals surface area contributed by atoms with Gasteiger partial charge >= 0.3 is 5.97 Å². The van der Waals surface area contributed by atoms with Crippen molar-refractivity contribution in [2.45, 2.75) is 25.0 Å². The lowest BCUT2D eigenvalue weighted by molar-refractivity contribution is -0.147. The van der Waals surface area contributed by atoms with E-state index < -0.39 is 12.1 Å². The van der Waals surface area contributed by atoms with E-state index in [-0.39, 0.29) is 5.97 Å². The van der Waals surface area contributed by atoms with E-state index in [1.54, 1.807) is 0 Å². The maximum atomic E-state index is 10.9. The summed E-state index contributed by atoms with van der Waals surface area (Å²) in [6, 6.07) is -0.520. The van der Waals surface area contributed by atoms with Crippen molar-refractivity contribution in [1.82, 2.24) is 5.32 Å². The first-order valence-corrected chi connectivity index (χ1v) is 3.75. The molecule has 1 saturated heterocycles. The average Bonchev–Trinajstić information content (AvgIpc) is 2.04. The molecule has 4 nitrogen and oxygen atoms in total. The summed E-state index contributed by atoms with van der Waals surface area (Å²) in [5.74, 6) is -0.378. The van der Waals surface area contributed by atoms with Crippen LogP contribution in [0, 0.1) is 0 Å². The Morgan fingerprint density at radius 3 is 3.00 bits per heavy atom. The summed E-state index contributed by atoms with van der Waals surface area (Å²) in [6.45, 7) is 0.775. The lowest BCUT2D eigenvalue weighted by Gasteiger charge is -2.26. The fraction of sp³-hybridized carbons (Fsp3) is 0.857. The molecule has 0 unspecified atom stereocenters. The minimum absolute atomic E-state index is 0.378. The number of nitrogens with one attached hydrogen (secondary N) is 1. The summed E-state index contributed by atoms with van der Waals surface area (Å²) in [6.07, 6.45) is 0.998. The van der Waals surface area contributed by atoms with Gasteiger partial charge in [-0.2, -0.15) is 0 Å². The number of hydrogen-bond acceptors (Lipinski definition) is 4. The van der Waals surface area contributed by atoms with E-state index in [0.717, 1.165) is 13.0 Å². The molecule has 0 amide bonds. The number of esters is 1. The van der Waals surface area contributed by atoms with Crippen molar-refractivity contribution >= 4 is 5.97 Å². The van der Waals surface area contributed by atoms with Gasteiger partial charge in [-0.3, -0.25) is 4.79 Å². The van der Waals surface area contributed by atoms with E-state index in [1.807, 2.05) is 0 Å². The Hall–Kier alpha value is -0.610. The third-order valence-corrected chi connectivity index (χ3v) is 1.88. The Morgan fingerprint density at radius 1 is 1.73 bits per heavy atom. The molecular weight excluding hydrogens is 146 g/mol. The second-order valence-corrected chi connectivity index (χ2v) is 2.66. The van der Waals surface area contributed by atoms with Gasteiger partial charge < -0.3 is 15.2 Å². The minimum atomic E-state index is -0.587. The molecule has 4 heteroatoms. The zero-order valence-electron chi connectivity index (χ0n) is 6.54. The van der Waals surface area contributed by atoms with Crippen LogP contribution in [-0.2, 0) is 9.53 Å². The minimum Gasteiger partial charge on any atom is -0.468 e. The number of ether oxygens (including phenoxy) is 1. The van der Waals surface area contributed by atoms with Crippen molar-refractivity contribution in [1.29, 1.82) is 0 Å². The second-order valence-electron chi connectivity index (χ2n) is 2.66. The van der Waals surface area contributed by atoms with Crippen molar-refractivity contribution < 1.29 is 14.6 Å². The van der Waals surface area contributed by atoms with Crippen LogP contribution < -0.4 is 5.32 Å². The maximum absolute atomic E-state index is 10.9. The quantitative estimate of drug-likeness (QED) is 0.495. The van der Waals surface area contributed by atoms with Gasteiger partial charge in [0.05, 0.1) is 13.2 Å². The summed E-state index contributed by atoms with van der Waals surface area (Å²) >= 11 is 0. The Morgan fingerprint density at radius 2 is 2.45 bits per heavy atom. The molecule has 0 bridgehead atoms. The zero-order chi connectivity index (χ0) is 8.27. The van der Waals surface area contributed by atoms with Crippen molar-refractivity contribution in [2.75, 3.05) is 13.7 Å². The predicted molar refractivity (Wildman–Crippen MR) is 39.0 cm³/mol. The Labute approximate surface area is 65.5 Å². The third-order valence-electron chi connectivity index (χ3n) is 1.88. The van der Waals surface area contributed by atoms with E-state index >= 15 is 0 Å². The lowest BCUT2D eigenvalue weighted by Crippen LogP contribution is -2.50. The van der Waals surface area contributed by atoms with Crippen LogP contribution in [0.3, 0.4) is 0 Å². The van der Waals surface area contributed by atoms with Gasteiger partial charge in [0, 0.05) is 0 Å². The van der Waals surface area contributed by atoms with Crippen LogP contribution in [0.4, 0.5) is 0 Å². The van der Waals surface area contributed by atoms with Crippen LogP contribution in [0.5, 0.6) is 0 Å². The molecule has 1 fully saturated rings. The maximum Gasteiger partial charge on any atom is 0.325 e. The van der Waals surface area contributed by atoms with Gasteiger partial charge in [-0.25, -0.2) is 0 Å². The summed E-state index contributed by atoms with van der Waals surface area (Å²) in [7, 11) is 1.32. The second kappa shape index (κ2) is 3.69. The van der Waals surface area contributed by atoms with Gasteiger partial charge in [-0.05, 0) is 19.4 Å².